The van der Waals surface area contributed by atoms with Crippen LogP contribution in [0.3, 0.4) is 0 Å². The molecule has 1 aliphatic rings. The second-order valence-corrected chi connectivity index (χ2v) is 6.69. The van der Waals surface area contributed by atoms with Crippen molar-refractivity contribution in [3.8, 4) is 17.2 Å². The van der Waals surface area contributed by atoms with E-state index < -0.39 is 6.10 Å². The molecule has 0 spiro atoms. The molecular weight excluding hydrogens is 346 g/mol. The van der Waals surface area contributed by atoms with Crippen LogP contribution < -0.4 is 14.2 Å². The fraction of sp³-hybridized carbons (Fsp3) is 0.429. The van der Waals surface area contributed by atoms with Crippen molar-refractivity contribution in [2.45, 2.75) is 19.3 Å². The van der Waals surface area contributed by atoms with Crippen LogP contribution >= 0.6 is 0 Å². The molecule has 1 N–H and O–H groups in total. The lowest BCUT2D eigenvalue weighted by atomic mass is 10.1. The van der Waals surface area contributed by atoms with Crippen LogP contribution in [0.1, 0.15) is 11.1 Å². The van der Waals surface area contributed by atoms with E-state index in [0.717, 1.165) is 28.4 Å². The normalized spacial score (nSPS) is 14.2. The fourth-order valence-corrected chi connectivity index (χ4v) is 3.01. The zero-order valence-electron chi connectivity index (χ0n) is 15.9. The maximum atomic E-state index is 10.2. The van der Waals surface area contributed by atoms with Crippen molar-refractivity contribution in [2.24, 2.45) is 0 Å². The molecule has 0 aromatic heterocycles. The van der Waals surface area contributed by atoms with Gasteiger partial charge >= 0.3 is 0 Å². The van der Waals surface area contributed by atoms with Gasteiger partial charge in [-0.1, -0.05) is 18.2 Å². The van der Waals surface area contributed by atoms with Crippen LogP contribution in [0.5, 0.6) is 17.2 Å². The molecule has 27 heavy (non-hydrogen) atoms. The SMILES string of the molecule is COc1ccc(COCC(O)CN(C)Cc2ccc3c(c2)OCCO3)cc1. The molecule has 3 rings (SSSR count). The minimum Gasteiger partial charge on any atom is -0.497 e. The highest BCUT2D eigenvalue weighted by Gasteiger charge is 2.14. The first kappa shape index (κ1) is 19.5. The van der Waals surface area contributed by atoms with E-state index in [1.54, 1.807) is 7.11 Å². The molecule has 0 fully saturated rings. The number of nitrogens with zero attached hydrogens (tertiary/aromatic N) is 1. The lowest BCUT2D eigenvalue weighted by molar-refractivity contribution is 0.0127. The third-order valence-corrected chi connectivity index (χ3v) is 4.32. The number of likely N-dealkylation sites (N-methyl/N-ethyl adjacent to an activating group) is 1. The molecular formula is C21H27NO5. The van der Waals surface area contributed by atoms with Crippen molar-refractivity contribution in [1.29, 1.82) is 0 Å². The second-order valence-electron chi connectivity index (χ2n) is 6.69. The minimum atomic E-state index is -0.551. The summed E-state index contributed by atoms with van der Waals surface area (Å²) in [5.74, 6) is 2.40. The van der Waals surface area contributed by atoms with Gasteiger partial charge in [0, 0.05) is 13.1 Å². The molecule has 0 bridgehead atoms. The highest BCUT2D eigenvalue weighted by Crippen LogP contribution is 2.31. The Labute approximate surface area is 160 Å². The van der Waals surface area contributed by atoms with Crippen molar-refractivity contribution < 1.29 is 24.1 Å². The number of benzene rings is 2. The van der Waals surface area contributed by atoms with E-state index in [2.05, 4.69) is 4.90 Å². The summed E-state index contributed by atoms with van der Waals surface area (Å²) in [4.78, 5) is 2.06. The Morgan fingerprint density at radius 1 is 1.04 bits per heavy atom. The standard InChI is InChI=1S/C21H27NO5/c1-22(12-17-5-8-20-21(11-17)27-10-9-26-20)13-18(23)15-25-14-16-3-6-19(24-2)7-4-16/h3-8,11,18,23H,9-10,12-15H2,1-2H3. The van der Waals surface area contributed by atoms with E-state index in [1.165, 1.54) is 0 Å². The zero-order valence-corrected chi connectivity index (χ0v) is 15.9. The van der Waals surface area contributed by atoms with E-state index in [1.807, 2.05) is 49.5 Å². The Balaban J connectivity index is 1.40. The van der Waals surface area contributed by atoms with Crippen LogP contribution in [0.25, 0.3) is 0 Å². The molecule has 1 heterocycles. The Kier molecular flexibility index (Phi) is 6.92. The van der Waals surface area contributed by atoms with Crippen LogP contribution in [0, 0.1) is 0 Å². The van der Waals surface area contributed by atoms with Crippen LogP contribution in [0.15, 0.2) is 42.5 Å². The first-order valence-electron chi connectivity index (χ1n) is 9.10. The Morgan fingerprint density at radius 3 is 2.48 bits per heavy atom. The molecule has 0 amide bonds. The average molecular weight is 373 g/mol. The van der Waals surface area contributed by atoms with Crippen molar-refractivity contribution in [3.63, 3.8) is 0 Å². The summed E-state index contributed by atoms with van der Waals surface area (Å²) in [6.07, 6.45) is -0.551. The van der Waals surface area contributed by atoms with Crippen LogP contribution in [-0.4, -0.2) is 56.6 Å². The quantitative estimate of drug-likeness (QED) is 0.729. The van der Waals surface area contributed by atoms with Crippen LogP contribution in [-0.2, 0) is 17.9 Å². The summed E-state index contributed by atoms with van der Waals surface area (Å²) >= 11 is 0. The molecule has 6 nitrogen and oxygen atoms in total. The molecule has 0 aliphatic carbocycles. The van der Waals surface area contributed by atoms with Gasteiger partial charge in [0.1, 0.15) is 19.0 Å². The third-order valence-electron chi connectivity index (χ3n) is 4.32. The minimum absolute atomic E-state index is 0.289. The number of methoxy groups -OCH3 is 1. The first-order chi connectivity index (χ1) is 13.1. The van der Waals surface area contributed by atoms with E-state index in [0.29, 0.717) is 32.9 Å². The van der Waals surface area contributed by atoms with Gasteiger partial charge in [-0.15, -0.1) is 0 Å². The first-order valence-corrected chi connectivity index (χ1v) is 9.10. The van der Waals surface area contributed by atoms with Gasteiger partial charge in [0.15, 0.2) is 11.5 Å². The maximum Gasteiger partial charge on any atom is 0.161 e. The molecule has 0 saturated carbocycles. The Bertz CT molecular complexity index is 719. The summed E-state index contributed by atoms with van der Waals surface area (Å²) in [5, 5.41) is 10.2. The van der Waals surface area contributed by atoms with Crippen molar-refractivity contribution in [1.82, 2.24) is 4.90 Å². The van der Waals surface area contributed by atoms with Gasteiger partial charge in [-0.05, 0) is 42.4 Å². The predicted octanol–water partition coefficient (Wildman–Crippen LogP) is 2.48. The molecule has 1 aliphatic heterocycles. The van der Waals surface area contributed by atoms with Crippen molar-refractivity contribution in [2.75, 3.05) is 40.5 Å². The summed E-state index contributed by atoms with van der Waals surface area (Å²) in [6, 6.07) is 13.7. The van der Waals surface area contributed by atoms with Crippen molar-refractivity contribution in [3.05, 3.63) is 53.6 Å². The smallest absolute Gasteiger partial charge is 0.161 e. The van der Waals surface area contributed by atoms with E-state index in [4.69, 9.17) is 18.9 Å². The molecule has 146 valence electrons. The molecule has 0 radical (unpaired) electrons. The van der Waals surface area contributed by atoms with Gasteiger partial charge in [0.05, 0.1) is 26.4 Å². The monoisotopic (exact) mass is 373 g/mol. The van der Waals surface area contributed by atoms with Gasteiger partial charge < -0.3 is 24.1 Å². The number of aliphatic hydroxyl groups is 1. The summed E-state index contributed by atoms with van der Waals surface area (Å²) in [6.45, 7) is 3.17. The highest BCUT2D eigenvalue weighted by molar-refractivity contribution is 5.43. The summed E-state index contributed by atoms with van der Waals surface area (Å²) < 4.78 is 21.9. The van der Waals surface area contributed by atoms with Gasteiger partial charge in [-0.2, -0.15) is 0 Å². The second kappa shape index (κ2) is 9.60. The largest absolute Gasteiger partial charge is 0.497 e. The summed E-state index contributed by atoms with van der Waals surface area (Å²) in [7, 11) is 3.62. The maximum absolute atomic E-state index is 10.2. The third kappa shape index (κ3) is 5.85. The number of hydrogen-bond acceptors (Lipinski definition) is 6. The topological polar surface area (TPSA) is 60.4 Å². The van der Waals surface area contributed by atoms with Crippen molar-refractivity contribution >= 4 is 0 Å². The fourth-order valence-electron chi connectivity index (χ4n) is 3.01. The molecule has 1 atom stereocenters. The zero-order chi connectivity index (χ0) is 19.1. The van der Waals surface area contributed by atoms with E-state index >= 15 is 0 Å². The van der Waals surface area contributed by atoms with Gasteiger partial charge in [0.25, 0.3) is 0 Å². The Morgan fingerprint density at radius 2 is 1.74 bits per heavy atom. The summed E-state index contributed by atoms with van der Waals surface area (Å²) in [5.41, 5.74) is 2.17. The number of aliphatic hydroxyl groups excluding tert-OH is 1. The predicted molar refractivity (Wildman–Crippen MR) is 102 cm³/mol. The van der Waals surface area contributed by atoms with Crippen LogP contribution in [0.2, 0.25) is 0 Å². The number of fused-ring (bicyclic) bond motifs is 1. The van der Waals surface area contributed by atoms with Gasteiger partial charge in [0.2, 0.25) is 0 Å². The number of hydrogen-bond donors (Lipinski definition) is 1. The molecule has 2 aromatic carbocycles. The molecule has 0 saturated heterocycles. The van der Waals surface area contributed by atoms with Crippen LogP contribution in [0.4, 0.5) is 0 Å². The number of rotatable bonds is 9. The van der Waals surface area contributed by atoms with Gasteiger partial charge in [-0.3, -0.25) is 4.90 Å². The molecule has 6 heteroatoms. The number of ether oxygens (including phenoxy) is 4. The van der Waals surface area contributed by atoms with Gasteiger partial charge in [-0.25, -0.2) is 0 Å². The van der Waals surface area contributed by atoms with E-state index in [9.17, 15) is 5.11 Å². The lowest BCUT2D eigenvalue weighted by Crippen LogP contribution is -2.31. The molecule has 2 aromatic rings. The highest BCUT2D eigenvalue weighted by atomic mass is 16.6. The Hall–Kier alpha value is -2.28. The average Bonchev–Trinajstić information content (AvgIpc) is 2.68. The van der Waals surface area contributed by atoms with E-state index in [-0.39, 0.29) is 6.61 Å². The molecule has 1 unspecified atom stereocenters. The lowest BCUT2D eigenvalue weighted by Gasteiger charge is -2.22.